The molecule has 26 heavy (non-hydrogen) atoms. The molecule has 0 aromatic heterocycles. The van der Waals surface area contributed by atoms with Gasteiger partial charge < -0.3 is 0 Å². The Balaban J connectivity index is 3.07. The van der Waals surface area contributed by atoms with E-state index in [1.54, 1.807) is 0 Å². The Kier molecular flexibility index (Phi) is 5.57. The maximum atomic E-state index is 8.17. The standard InChI is InChI=1S/2C10H15.C2H7Si.2ClH.Zr/c2*1-6-7(2)9(4)10(5)8(6)3;1-3-2;;;/h2*1-5H3;3H,1-2H3;2*1H;/q;;;;;+2/p-2. The van der Waals surface area contributed by atoms with Crippen molar-refractivity contribution in [3.8, 4) is 0 Å². The molecule has 0 atom stereocenters. The zero-order valence-corrected chi connectivity index (χ0v) is 24.0. The van der Waals surface area contributed by atoms with Gasteiger partial charge in [-0.05, 0) is 0 Å². The quantitative estimate of drug-likeness (QED) is 0.346. The Labute approximate surface area is 170 Å². The van der Waals surface area contributed by atoms with Crippen LogP contribution in [0, 0.1) is 0 Å². The molecular weight excluding hydrogens is 454 g/mol. The number of hydrogen-bond acceptors (Lipinski definition) is 0. The van der Waals surface area contributed by atoms with Gasteiger partial charge >= 0.3 is 172 Å². The molecule has 0 aliphatic heterocycles. The van der Waals surface area contributed by atoms with Gasteiger partial charge in [-0.1, -0.05) is 0 Å². The summed E-state index contributed by atoms with van der Waals surface area (Å²) in [6.45, 7) is 27.8. The number of halogens is 2. The normalized spacial score (nSPS) is 25.0. The monoisotopic (exact) mass is 489 g/mol. The molecule has 147 valence electrons. The summed E-state index contributed by atoms with van der Waals surface area (Å²) in [6.07, 6.45) is 0. The van der Waals surface area contributed by atoms with Crippen LogP contribution in [0.5, 0.6) is 0 Å². The van der Waals surface area contributed by atoms with Crippen molar-refractivity contribution in [1.29, 1.82) is 0 Å². The fraction of sp³-hybridized carbons (Fsp3) is 0.636. The summed E-state index contributed by atoms with van der Waals surface area (Å²) in [5, 5.41) is 0. The van der Waals surface area contributed by atoms with E-state index in [2.05, 4.69) is 82.3 Å². The SMILES string of the molecule is CC1=C(C)[C](C)([Zr]([Cl])([Cl])([SiH](C)C)[C]2(C)C(C)=C(C)C(C)=C2C)C(C)=C1C. The summed E-state index contributed by atoms with van der Waals surface area (Å²) in [6, 6.07) is 0. The van der Waals surface area contributed by atoms with Crippen LogP contribution >= 0.6 is 17.0 Å². The Morgan fingerprint density at radius 2 is 0.769 bits per heavy atom. The van der Waals surface area contributed by atoms with Crippen LogP contribution < -0.4 is 0 Å². The van der Waals surface area contributed by atoms with Crippen molar-refractivity contribution >= 4 is 22.9 Å². The van der Waals surface area contributed by atoms with Gasteiger partial charge in [0, 0.05) is 0 Å². The molecule has 0 spiro atoms. The number of allylic oxidation sites excluding steroid dienone is 8. The Bertz CT molecular complexity index is 711. The molecule has 0 saturated heterocycles. The van der Waals surface area contributed by atoms with Crippen LogP contribution in [0.15, 0.2) is 44.6 Å². The third-order valence-electron chi connectivity index (χ3n) is 9.22. The third kappa shape index (κ3) is 2.12. The van der Waals surface area contributed by atoms with Crippen LogP contribution in [0.2, 0.25) is 19.3 Å². The molecule has 2 aliphatic carbocycles. The predicted molar refractivity (Wildman–Crippen MR) is 121 cm³/mol. The van der Waals surface area contributed by atoms with Crippen molar-refractivity contribution in [2.45, 2.75) is 88.6 Å². The molecule has 0 heterocycles. The van der Waals surface area contributed by atoms with E-state index in [9.17, 15) is 0 Å². The molecule has 0 saturated carbocycles. The summed E-state index contributed by atoms with van der Waals surface area (Å²) in [5.41, 5.74) is 11.3. The van der Waals surface area contributed by atoms with Crippen LogP contribution in [0.1, 0.15) is 69.2 Å². The van der Waals surface area contributed by atoms with E-state index < -0.39 is 21.5 Å². The number of rotatable bonds is 3. The molecule has 0 aromatic carbocycles. The van der Waals surface area contributed by atoms with Gasteiger partial charge in [0.1, 0.15) is 0 Å². The molecule has 2 rings (SSSR count). The zero-order valence-electron chi connectivity index (χ0n) is 18.8. The van der Waals surface area contributed by atoms with Gasteiger partial charge in [0.15, 0.2) is 0 Å². The fourth-order valence-electron chi connectivity index (χ4n) is 6.22. The average molecular weight is 492 g/mol. The summed E-state index contributed by atoms with van der Waals surface area (Å²) in [5.74, 6) is -1.42. The van der Waals surface area contributed by atoms with Crippen molar-refractivity contribution in [2.24, 2.45) is 0 Å². The van der Waals surface area contributed by atoms with Gasteiger partial charge in [0.05, 0.1) is 0 Å². The summed E-state index contributed by atoms with van der Waals surface area (Å²) in [4.78, 5) is 0. The van der Waals surface area contributed by atoms with E-state index in [1.807, 2.05) is 0 Å². The molecule has 0 N–H and O–H groups in total. The molecule has 0 unspecified atom stereocenters. The second-order valence-corrected chi connectivity index (χ2v) is 52.1. The van der Waals surface area contributed by atoms with Crippen molar-refractivity contribution in [3.63, 3.8) is 0 Å². The van der Waals surface area contributed by atoms with Crippen molar-refractivity contribution in [3.05, 3.63) is 44.6 Å². The van der Waals surface area contributed by atoms with E-state index in [0.717, 1.165) is 0 Å². The molecule has 0 nitrogen and oxygen atoms in total. The zero-order chi connectivity index (χ0) is 20.6. The molecule has 0 fully saturated rings. The van der Waals surface area contributed by atoms with Gasteiger partial charge in [0.25, 0.3) is 0 Å². The first-order valence-corrected chi connectivity index (χ1v) is 25.8. The first kappa shape index (κ1) is 22.9. The predicted octanol–water partition coefficient (Wildman–Crippen LogP) is 8.70. The molecule has 0 amide bonds. The van der Waals surface area contributed by atoms with Gasteiger partial charge in [-0.15, -0.1) is 0 Å². The van der Waals surface area contributed by atoms with Gasteiger partial charge in [-0.3, -0.25) is 0 Å². The van der Waals surface area contributed by atoms with Crippen LogP contribution in [-0.2, 0) is 15.6 Å². The maximum absolute atomic E-state index is 8.17. The fourth-order valence-corrected chi connectivity index (χ4v) is 48.4. The Hall–Kier alpha value is 0.640. The van der Waals surface area contributed by atoms with E-state index in [1.165, 1.54) is 44.6 Å². The molecule has 0 bridgehead atoms. The minimum absolute atomic E-state index is 0.179. The number of hydrogen-bond donors (Lipinski definition) is 0. The van der Waals surface area contributed by atoms with E-state index in [-0.39, 0.29) is 6.25 Å². The van der Waals surface area contributed by atoms with Gasteiger partial charge in [-0.2, -0.15) is 0 Å². The second-order valence-electron chi connectivity index (χ2n) is 9.49. The molecule has 2 aliphatic rings. The second kappa shape index (κ2) is 6.32. The third-order valence-corrected chi connectivity index (χ3v) is 70.2. The van der Waals surface area contributed by atoms with Crippen molar-refractivity contribution in [1.82, 2.24) is 0 Å². The molecule has 0 aromatic rings. The van der Waals surface area contributed by atoms with Crippen LogP contribution in [0.3, 0.4) is 0 Å². The summed E-state index contributed by atoms with van der Waals surface area (Å²) < 4.78 is -0.359. The van der Waals surface area contributed by atoms with Crippen LogP contribution in [-0.4, -0.2) is 5.92 Å². The Morgan fingerprint density at radius 3 is 0.923 bits per heavy atom. The Morgan fingerprint density at radius 1 is 0.577 bits per heavy atom. The summed E-state index contributed by atoms with van der Waals surface area (Å²) >= 11 is -4.50. The van der Waals surface area contributed by atoms with Gasteiger partial charge in [-0.25, -0.2) is 0 Å². The van der Waals surface area contributed by atoms with E-state index in [4.69, 9.17) is 17.0 Å². The summed E-state index contributed by atoms with van der Waals surface area (Å²) in [7, 11) is 16.3. The van der Waals surface area contributed by atoms with Crippen molar-refractivity contribution in [2.75, 3.05) is 0 Å². The van der Waals surface area contributed by atoms with Crippen LogP contribution in [0.25, 0.3) is 0 Å². The van der Waals surface area contributed by atoms with E-state index >= 15 is 0 Å². The van der Waals surface area contributed by atoms with Crippen LogP contribution in [0.4, 0.5) is 0 Å². The van der Waals surface area contributed by atoms with E-state index in [0.29, 0.717) is 0 Å². The first-order valence-electron chi connectivity index (χ1n) is 9.82. The molecular formula is C22H37Cl2SiZr. The molecule has 0 radical (unpaired) electrons. The average Bonchev–Trinajstić information content (AvgIpc) is 2.83. The minimum atomic E-state index is -4.50. The molecule has 4 heteroatoms. The van der Waals surface area contributed by atoms with Crippen molar-refractivity contribution < 1.29 is 15.6 Å². The first-order chi connectivity index (χ1) is 11.5. The van der Waals surface area contributed by atoms with Gasteiger partial charge in [0.2, 0.25) is 0 Å². The topological polar surface area (TPSA) is 0 Å².